The predicted octanol–water partition coefficient (Wildman–Crippen LogP) is 4.64. The highest BCUT2D eigenvalue weighted by atomic mass is 32.2. The van der Waals surface area contributed by atoms with Gasteiger partial charge in [0.1, 0.15) is 29.5 Å². The lowest BCUT2D eigenvalue weighted by atomic mass is 10.1. The summed E-state index contributed by atoms with van der Waals surface area (Å²) in [6.45, 7) is 7.70. The fourth-order valence-electron chi connectivity index (χ4n) is 5.04. The second-order valence-corrected chi connectivity index (χ2v) is 10.7. The van der Waals surface area contributed by atoms with Crippen LogP contribution in [0.2, 0.25) is 0 Å². The first-order valence-electron chi connectivity index (χ1n) is 12.0. The summed E-state index contributed by atoms with van der Waals surface area (Å²) in [7, 11) is 0. The zero-order chi connectivity index (χ0) is 25.0. The number of benzene rings is 1. The van der Waals surface area contributed by atoms with Gasteiger partial charge in [0.05, 0.1) is 17.2 Å². The number of aryl methyl sites for hydroxylation is 2. The van der Waals surface area contributed by atoms with E-state index in [1.165, 1.54) is 0 Å². The summed E-state index contributed by atoms with van der Waals surface area (Å²) in [5, 5.41) is 5.01. The minimum absolute atomic E-state index is 0.162. The van der Waals surface area contributed by atoms with Crippen molar-refractivity contribution in [1.82, 2.24) is 19.7 Å². The number of fused-ring (bicyclic) bond motifs is 2. The largest absolute Gasteiger partial charge is 0.383 e. The van der Waals surface area contributed by atoms with E-state index >= 15 is 0 Å². The van der Waals surface area contributed by atoms with Gasteiger partial charge >= 0.3 is 0 Å². The van der Waals surface area contributed by atoms with Crippen LogP contribution in [0.1, 0.15) is 37.2 Å². The van der Waals surface area contributed by atoms with Gasteiger partial charge in [0.25, 0.3) is 0 Å². The van der Waals surface area contributed by atoms with Crippen molar-refractivity contribution in [3.05, 3.63) is 59.7 Å². The maximum absolute atomic E-state index is 6.57. The van der Waals surface area contributed by atoms with Gasteiger partial charge in [-0.1, -0.05) is 35.5 Å². The van der Waals surface area contributed by atoms with Gasteiger partial charge in [0.15, 0.2) is 17.8 Å². The molecule has 0 unspecified atom stereocenters. The molecular formula is C26H29N5O4S. The second-order valence-electron chi connectivity index (χ2n) is 9.70. The van der Waals surface area contributed by atoms with E-state index in [1.807, 2.05) is 74.9 Å². The van der Waals surface area contributed by atoms with Gasteiger partial charge in [0.2, 0.25) is 0 Å². The highest BCUT2D eigenvalue weighted by Crippen LogP contribution is 2.45. The molecule has 2 fully saturated rings. The Morgan fingerprint density at radius 1 is 1.06 bits per heavy atom. The molecule has 9 nitrogen and oxygen atoms in total. The van der Waals surface area contributed by atoms with Crippen LogP contribution in [0.4, 0.5) is 5.82 Å². The number of anilines is 1. The van der Waals surface area contributed by atoms with Crippen LogP contribution in [0.25, 0.3) is 22.4 Å². The maximum Gasteiger partial charge on any atom is 0.171 e. The normalized spacial score (nSPS) is 25.0. The molecule has 36 heavy (non-hydrogen) atoms. The van der Waals surface area contributed by atoms with E-state index in [0.717, 1.165) is 45.1 Å². The Balaban J connectivity index is 1.23. The first-order valence-corrected chi connectivity index (χ1v) is 13.2. The molecule has 4 aromatic rings. The van der Waals surface area contributed by atoms with Gasteiger partial charge in [0, 0.05) is 28.8 Å². The molecular weight excluding hydrogens is 478 g/mol. The second kappa shape index (κ2) is 8.88. The number of nitrogen functional groups attached to an aromatic ring is 1. The Hall–Kier alpha value is -2.92. The van der Waals surface area contributed by atoms with Crippen LogP contribution in [-0.2, 0) is 20.0 Å². The van der Waals surface area contributed by atoms with E-state index in [0.29, 0.717) is 11.6 Å². The van der Waals surface area contributed by atoms with Crippen LogP contribution >= 0.6 is 11.8 Å². The number of thioether (sulfide) groups is 1. The zero-order valence-electron chi connectivity index (χ0n) is 20.7. The van der Waals surface area contributed by atoms with Crippen molar-refractivity contribution in [1.29, 1.82) is 0 Å². The average Bonchev–Trinajstić information content (AvgIpc) is 3.57. The molecule has 0 aliphatic carbocycles. The summed E-state index contributed by atoms with van der Waals surface area (Å²) in [6, 6.07) is 12.0. The number of ether oxygens (including phenoxy) is 3. The molecule has 0 saturated carbocycles. The van der Waals surface area contributed by atoms with Crippen LogP contribution in [0.15, 0.2) is 47.1 Å². The molecule has 5 heterocycles. The molecule has 2 N–H and O–H groups in total. The first kappa shape index (κ1) is 23.5. The highest BCUT2D eigenvalue weighted by molar-refractivity contribution is 7.98. The molecule has 2 aliphatic heterocycles. The van der Waals surface area contributed by atoms with Gasteiger partial charge in [-0.3, -0.25) is 0 Å². The van der Waals surface area contributed by atoms with Crippen LogP contribution in [-0.4, -0.2) is 49.5 Å². The van der Waals surface area contributed by atoms with E-state index in [2.05, 4.69) is 15.1 Å². The molecule has 1 aromatic carbocycles. The lowest BCUT2D eigenvalue weighted by Gasteiger charge is -2.25. The summed E-state index contributed by atoms with van der Waals surface area (Å²) in [4.78, 5) is 8.92. The Labute approximate surface area is 213 Å². The third-order valence-electron chi connectivity index (χ3n) is 6.66. The summed E-state index contributed by atoms with van der Waals surface area (Å²) in [5.41, 5.74) is 9.90. The average molecular weight is 508 g/mol. The van der Waals surface area contributed by atoms with Crippen molar-refractivity contribution in [2.75, 3.05) is 11.5 Å². The van der Waals surface area contributed by atoms with E-state index in [1.54, 1.807) is 11.8 Å². The van der Waals surface area contributed by atoms with Crippen LogP contribution in [0, 0.1) is 13.8 Å². The number of aromatic nitrogens is 4. The van der Waals surface area contributed by atoms with E-state index in [9.17, 15) is 0 Å². The molecule has 2 aliphatic rings. The predicted molar refractivity (Wildman–Crippen MR) is 137 cm³/mol. The fourth-order valence-corrected chi connectivity index (χ4v) is 6.21. The van der Waals surface area contributed by atoms with Crippen molar-refractivity contribution in [3.8, 4) is 11.3 Å². The number of nitrogens with two attached hydrogens (primary N) is 1. The SMILES string of the molecule is Cc1nc(N)c2ccn([C@@H]3O[C@H](CSCc4c(C)noc4-c4ccccc4)[C@H]4OC(C)(C)O[C@H]43)c2n1. The van der Waals surface area contributed by atoms with E-state index < -0.39 is 5.79 Å². The molecule has 4 atom stereocenters. The van der Waals surface area contributed by atoms with Gasteiger partial charge < -0.3 is 29.0 Å². The van der Waals surface area contributed by atoms with Crippen LogP contribution in [0.3, 0.4) is 0 Å². The van der Waals surface area contributed by atoms with Crippen molar-refractivity contribution in [2.24, 2.45) is 0 Å². The Morgan fingerprint density at radius 2 is 1.83 bits per heavy atom. The van der Waals surface area contributed by atoms with Gasteiger partial charge in [-0.15, -0.1) is 0 Å². The number of hydrogen-bond donors (Lipinski definition) is 1. The quantitative estimate of drug-likeness (QED) is 0.399. The van der Waals surface area contributed by atoms with Gasteiger partial charge in [-0.2, -0.15) is 11.8 Å². The van der Waals surface area contributed by atoms with Crippen molar-refractivity contribution in [3.63, 3.8) is 0 Å². The summed E-state index contributed by atoms with van der Waals surface area (Å²) < 4.78 is 26.9. The smallest absolute Gasteiger partial charge is 0.171 e. The minimum Gasteiger partial charge on any atom is -0.383 e. The zero-order valence-corrected chi connectivity index (χ0v) is 21.5. The molecule has 6 rings (SSSR count). The lowest BCUT2D eigenvalue weighted by Crippen LogP contribution is -2.31. The number of nitrogens with zero attached hydrogens (tertiary/aromatic N) is 4. The van der Waals surface area contributed by atoms with Gasteiger partial charge in [-0.25, -0.2) is 9.97 Å². The topological polar surface area (TPSA) is 110 Å². The summed E-state index contributed by atoms with van der Waals surface area (Å²) in [6.07, 6.45) is 0.922. The monoisotopic (exact) mass is 507 g/mol. The fraction of sp³-hybridized carbons (Fsp3) is 0.423. The number of rotatable bonds is 6. The van der Waals surface area contributed by atoms with Crippen molar-refractivity contribution < 1.29 is 18.7 Å². The molecule has 0 spiro atoms. The lowest BCUT2D eigenvalue weighted by molar-refractivity contribution is -0.193. The Kier molecular flexibility index (Phi) is 5.79. The highest BCUT2D eigenvalue weighted by Gasteiger charge is 2.55. The van der Waals surface area contributed by atoms with E-state index in [-0.39, 0.29) is 24.5 Å². The molecule has 188 valence electrons. The van der Waals surface area contributed by atoms with Crippen LogP contribution in [0.5, 0.6) is 0 Å². The van der Waals surface area contributed by atoms with Gasteiger partial charge in [-0.05, 0) is 33.8 Å². The summed E-state index contributed by atoms with van der Waals surface area (Å²) >= 11 is 1.77. The standard InChI is InChI=1S/C26H29N5O4S/c1-14-18(20(35-30-14)16-8-6-5-7-9-16)12-36-13-19-21-22(34-26(3,4)33-21)25(32-19)31-11-10-17-23(27)28-15(2)29-24(17)31/h5-11,19,21-22,25H,12-13H2,1-4H3,(H2,27,28,29)/t19-,21-,22-,25-/m1/s1. The Morgan fingerprint density at radius 3 is 2.64 bits per heavy atom. The van der Waals surface area contributed by atoms with Crippen molar-refractivity contribution >= 4 is 28.6 Å². The summed E-state index contributed by atoms with van der Waals surface area (Å²) in [5.74, 6) is 2.67. The molecule has 0 amide bonds. The molecule has 3 aromatic heterocycles. The maximum atomic E-state index is 6.57. The Bertz CT molecular complexity index is 1400. The molecule has 0 bridgehead atoms. The number of hydrogen-bond acceptors (Lipinski definition) is 9. The molecule has 2 saturated heterocycles. The minimum atomic E-state index is -0.696. The third-order valence-corrected chi connectivity index (χ3v) is 7.72. The molecule has 0 radical (unpaired) electrons. The third kappa shape index (κ3) is 4.07. The van der Waals surface area contributed by atoms with Crippen LogP contribution < -0.4 is 5.73 Å². The van der Waals surface area contributed by atoms with Crippen molar-refractivity contribution in [2.45, 2.75) is 63.8 Å². The first-order chi connectivity index (χ1) is 17.3. The molecule has 10 heteroatoms. The van der Waals surface area contributed by atoms with E-state index in [4.69, 9.17) is 24.5 Å².